The van der Waals surface area contributed by atoms with E-state index in [4.69, 9.17) is 4.74 Å². The number of nitrogens with zero attached hydrogens (tertiary/aromatic N) is 2. The Labute approximate surface area is 234 Å². The molecule has 5 rings (SSSR count). The van der Waals surface area contributed by atoms with Crippen molar-refractivity contribution < 1.29 is 37.4 Å². The molecule has 0 bridgehead atoms. The van der Waals surface area contributed by atoms with Crippen LogP contribution in [0.2, 0.25) is 0 Å². The van der Waals surface area contributed by atoms with E-state index in [0.717, 1.165) is 16.0 Å². The molecule has 1 aliphatic heterocycles. The van der Waals surface area contributed by atoms with Crippen molar-refractivity contribution >= 4 is 34.3 Å². The highest BCUT2D eigenvalue weighted by atomic mass is 19.3. The summed E-state index contributed by atoms with van der Waals surface area (Å²) < 4.78 is 36.2. The van der Waals surface area contributed by atoms with E-state index in [1.165, 1.54) is 12.1 Å². The number of benzene rings is 3. The topological polar surface area (TPSA) is 94.9 Å². The fraction of sp³-hybridized carbons (Fsp3) is 0.226. The Morgan fingerprint density at radius 3 is 2.15 bits per heavy atom. The molecule has 0 radical (unpaired) electrons. The first-order valence-electron chi connectivity index (χ1n) is 13.0. The summed E-state index contributed by atoms with van der Waals surface area (Å²) in [5.41, 5.74) is 3.23. The zero-order chi connectivity index (χ0) is 29.3. The number of carbonyl (C=O) groups excluding carboxylic acids is 4. The van der Waals surface area contributed by atoms with Gasteiger partial charge in [-0.3, -0.25) is 24.1 Å². The fourth-order valence-corrected chi connectivity index (χ4v) is 5.18. The Balaban J connectivity index is 1.16. The van der Waals surface area contributed by atoms with Gasteiger partial charge in [0, 0.05) is 52.1 Å². The fourth-order valence-electron chi connectivity index (χ4n) is 5.18. The number of rotatable bonds is 10. The second-order valence-electron chi connectivity index (χ2n) is 9.65. The molecule has 1 aromatic heterocycles. The van der Waals surface area contributed by atoms with E-state index in [-0.39, 0.29) is 25.1 Å². The lowest BCUT2D eigenvalue weighted by molar-refractivity contribution is -0.142. The van der Waals surface area contributed by atoms with Gasteiger partial charge >= 0.3 is 12.6 Å². The van der Waals surface area contributed by atoms with Crippen molar-refractivity contribution in [2.24, 2.45) is 0 Å². The maximum Gasteiger partial charge on any atom is 0.387 e. The van der Waals surface area contributed by atoms with Gasteiger partial charge in [-0.2, -0.15) is 8.78 Å². The molecule has 210 valence electrons. The van der Waals surface area contributed by atoms with Gasteiger partial charge in [-0.1, -0.05) is 24.3 Å². The highest BCUT2D eigenvalue weighted by molar-refractivity contribution is 6.25. The third-order valence-electron chi connectivity index (χ3n) is 7.03. The van der Waals surface area contributed by atoms with Crippen LogP contribution in [0.25, 0.3) is 16.5 Å². The number of halogens is 2. The predicted molar refractivity (Wildman–Crippen MR) is 146 cm³/mol. The van der Waals surface area contributed by atoms with Crippen LogP contribution in [0.4, 0.5) is 8.78 Å². The van der Waals surface area contributed by atoms with Crippen LogP contribution >= 0.6 is 0 Å². The molecule has 1 aliphatic rings. The molecule has 10 heteroatoms. The molecule has 0 fully saturated rings. The Hall–Kier alpha value is -4.86. The monoisotopic (exact) mass is 560 g/mol. The third-order valence-corrected chi connectivity index (χ3v) is 7.03. The molecular weight excluding hydrogens is 534 g/mol. The molecule has 4 aromatic rings. The highest BCUT2D eigenvalue weighted by Crippen LogP contribution is 2.30. The minimum atomic E-state index is -2.93. The van der Waals surface area contributed by atoms with Gasteiger partial charge in [-0.05, 0) is 68.1 Å². The lowest BCUT2D eigenvalue weighted by Gasteiger charge is -2.27. The second kappa shape index (κ2) is 11.3. The highest BCUT2D eigenvalue weighted by Gasteiger charge is 2.32. The van der Waals surface area contributed by atoms with Crippen LogP contribution in [0.15, 0.2) is 66.7 Å². The van der Waals surface area contributed by atoms with Gasteiger partial charge in [0.05, 0.1) is 0 Å². The van der Waals surface area contributed by atoms with Crippen molar-refractivity contribution in [2.75, 3.05) is 13.2 Å². The zero-order valence-electron chi connectivity index (χ0n) is 22.4. The van der Waals surface area contributed by atoms with Gasteiger partial charge in [0.25, 0.3) is 11.8 Å². The van der Waals surface area contributed by atoms with E-state index in [2.05, 4.69) is 4.74 Å². The standard InChI is InChI=1S/C31H26F2N2O6/c1-18-16-25(19(2)35(18)21-11-13-22(14-12-21)41-31(32)33)26(36)17-40-27(37)10-5-15-34-29(38)23-8-3-6-20-7-4-9-24(28(20)23)30(34)39/h3-4,6-9,11-14,16,31H,5,10,15,17H2,1-2H3. The van der Waals surface area contributed by atoms with Crippen LogP contribution in [0, 0.1) is 13.8 Å². The van der Waals surface area contributed by atoms with Gasteiger partial charge in [0.15, 0.2) is 6.61 Å². The van der Waals surface area contributed by atoms with Crippen LogP contribution in [-0.2, 0) is 9.53 Å². The summed E-state index contributed by atoms with van der Waals surface area (Å²) in [4.78, 5) is 52.4. The number of hydrogen-bond acceptors (Lipinski definition) is 6. The molecule has 0 atom stereocenters. The smallest absolute Gasteiger partial charge is 0.387 e. The first-order valence-corrected chi connectivity index (χ1v) is 13.0. The molecule has 0 unspecified atom stereocenters. The van der Waals surface area contributed by atoms with Gasteiger partial charge < -0.3 is 14.0 Å². The van der Waals surface area contributed by atoms with Crippen molar-refractivity contribution in [3.05, 3.63) is 94.8 Å². The minimum Gasteiger partial charge on any atom is -0.457 e. The number of alkyl halides is 2. The molecular formula is C31H26F2N2O6. The number of imide groups is 1. The Morgan fingerprint density at radius 2 is 1.54 bits per heavy atom. The number of aromatic nitrogens is 1. The summed E-state index contributed by atoms with van der Waals surface area (Å²) in [6.45, 7) is 0.165. The molecule has 8 nitrogen and oxygen atoms in total. The number of ketones is 1. The summed E-state index contributed by atoms with van der Waals surface area (Å²) in [6.07, 6.45) is 0.102. The quantitative estimate of drug-likeness (QED) is 0.141. The van der Waals surface area contributed by atoms with Crippen LogP contribution in [0.3, 0.4) is 0 Å². The average Bonchev–Trinajstić information content (AvgIpc) is 3.25. The molecule has 0 saturated heterocycles. The van der Waals surface area contributed by atoms with Gasteiger partial charge in [0.2, 0.25) is 5.78 Å². The number of aryl methyl sites for hydroxylation is 1. The Kier molecular flexibility index (Phi) is 7.65. The number of ether oxygens (including phenoxy) is 2. The summed E-state index contributed by atoms with van der Waals surface area (Å²) >= 11 is 0. The first-order chi connectivity index (χ1) is 19.7. The van der Waals surface area contributed by atoms with Crippen LogP contribution in [0.5, 0.6) is 5.75 Å². The maximum absolute atomic E-state index is 13.0. The van der Waals surface area contributed by atoms with E-state index in [9.17, 15) is 28.0 Å². The third kappa shape index (κ3) is 5.45. The van der Waals surface area contributed by atoms with Gasteiger partial charge in [0.1, 0.15) is 5.75 Å². The van der Waals surface area contributed by atoms with E-state index < -0.39 is 36.8 Å². The first kappa shape index (κ1) is 27.7. The SMILES string of the molecule is Cc1cc(C(=O)COC(=O)CCCN2C(=O)c3cccc4cccc(c34)C2=O)c(C)n1-c1ccc(OC(F)F)cc1. The minimum absolute atomic E-state index is 0.0191. The molecule has 0 aliphatic carbocycles. The Bertz CT molecular complexity index is 1630. The number of Topliss-reactive ketones (excluding diaryl/α,β-unsaturated/α-hetero) is 1. The zero-order valence-corrected chi connectivity index (χ0v) is 22.4. The number of hydrogen-bond donors (Lipinski definition) is 0. The van der Waals surface area contributed by atoms with Crippen molar-refractivity contribution in [2.45, 2.75) is 33.3 Å². The molecule has 0 N–H and O–H groups in total. The van der Waals surface area contributed by atoms with E-state index in [1.807, 2.05) is 12.1 Å². The summed E-state index contributed by atoms with van der Waals surface area (Å²) in [6, 6.07) is 18.3. The van der Waals surface area contributed by atoms with Crippen molar-refractivity contribution in [1.29, 1.82) is 0 Å². The van der Waals surface area contributed by atoms with Gasteiger partial charge in [-0.25, -0.2) is 0 Å². The number of amides is 2. The molecule has 41 heavy (non-hydrogen) atoms. The normalized spacial score (nSPS) is 12.8. The maximum atomic E-state index is 13.0. The lowest BCUT2D eigenvalue weighted by Crippen LogP contribution is -2.41. The van der Waals surface area contributed by atoms with Crippen molar-refractivity contribution in [3.8, 4) is 11.4 Å². The summed E-state index contributed by atoms with van der Waals surface area (Å²) in [5.74, 6) is -1.82. The van der Waals surface area contributed by atoms with Crippen LogP contribution < -0.4 is 4.74 Å². The van der Waals surface area contributed by atoms with Crippen molar-refractivity contribution in [3.63, 3.8) is 0 Å². The molecule has 3 aromatic carbocycles. The second-order valence-corrected chi connectivity index (χ2v) is 9.65. The molecule has 0 saturated carbocycles. The van der Waals surface area contributed by atoms with E-state index in [1.54, 1.807) is 60.9 Å². The molecule has 2 heterocycles. The summed E-state index contributed by atoms with van der Waals surface area (Å²) in [7, 11) is 0. The number of carbonyl (C=O) groups is 4. The van der Waals surface area contributed by atoms with E-state index >= 15 is 0 Å². The summed E-state index contributed by atoms with van der Waals surface area (Å²) in [5, 5.41) is 1.45. The van der Waals surface area contributed by atoms with Crippen LogP contribution in [0.1, 0.15) is 55.3 Å². The van der Waals surface area contributed by atoms with Crippen molar-refractivity contribution in [1.82, 2.24) is 9.47 Å². The Morgan fingerprint density at radius 1 is 0.902 bits per heavy atom. The molecule has 0 spiro atoms. The van der Waals surface area contributed by atoms with Gasteiger partial charge in [-0.15, -0.1) is 0 Å². The molecule has 2 amide bonds. The largest absolute Gasteiger partial charge is 0.457 e. The number of esters is 1. The lowest BCUT2D eigenvalue weighted by atomic mass is 9.94. The predicted octanol–water partition coefficient (Wildman–Crippen LogP) is 5.65. The van der Waals surface area contributed by atoms with Crippen LogP contribution in [-0.4, -0.2) is 52.8 Å². The van der Waals surface area contributed by atoms with E-state index in [0.29, 0.717) is 33.5 Å². The average molecular weight is 561 g/mol.